The zero-order valence-electron chi connectivity index (χ0n) is 12.5. The maximum atomic E-state index is 10.3. The van der Waals surface area contributed by atoms with E-state index in [9.17, 15) is 15.3 Å². The molecule has 118 valence electrons. The van der Waals surface area contributed by atoms with Crippen molar-refractivity contribution in [3.8, 4) is 0 Å². The van der Waals surface area contributed by atoms with E-state index in [2.05, 4.69) is 6.58 Å². The summed E-state index contributed by atoms with van der Waals surface area (Å²) in [5, 5.41) is 29.6. The molecule has 1 rings (SSSR count). The monoisotopic (exact) mass is 290 g/mol. The lowest BCUT2D eigenvalue weighted by molar-refractivity contribution is -0.326. The van der Waals surface area contributed by atoms with Crippen molar-refractivity contribution >= 4 is 0 Å². The Morgan fingerprint density at radius 1 is 1.30 bits per heavy atom. The number of ether oxygens (including phenoxy) is 3. The van der Waals surface area contributed by atoms with Gasteiger partial charge in [-0.3, -0.25) is 0 Å². The van der Waals surface area contributed by atoms with Gasteiger partial charge in [-0.2, -0.15) is 0 Å². The zero-order chi connectivity index (χ0) is 15.5. The molecule has 0 aromatic rings. The van der Waals surface area contributed by atoms with E-state index in [-0.39, 0.29) is 12.7 Å². The van der Waals surface area contributed by atoms with E-state index in [1.54, 1.807) is 33.8 Å². The fourth-order valence-corrected chi connectivity index (χ4v) is 1.97. The van der Waals surface area contributed by atoms with Gasteiger partial charge in [0.15, 0.2) is 6.29 Å². The summed E-state index contributed by atoms with van der Waals surface area (Å²) < 4.78 is 16.6. The SMILES string of the molecule is C=CC(C)(C)O[C@H]1OC(CO)[C@@H](O)C(OC(C)C)C1O. The van der Waals surface area contributed by atoms with Crippen molar-refractivity contribution in [2.24, 2.45) is 0 Å². The summed E-state index contributed by atoms with van der Waals surface area (Å²) in [6.45, 7) is 10.4. The van der Waals surface area contributed by atoms with Crippen molar-refractivity contribution in [2.45, 2.75) is 70.1 Å². The average Bonchev–Trinajstić information content (AvgIpc) is 2.37. The number of aliphatic hydroxyl groups is 3. The molecule has 20 heavy (non-hydrogen) atoms. The third-order valence-corrected chi connectivity index (χ3v) is 3.16. The van der Waals surface area contributed by atoms with Gasteiger partial charge in [-0.15, -0.1) is 6.58 Å². The van der Waals surface area contributed by atoms with Crippen LogP contribution in [0.15, 0.2) is 12.7 Å². The molecule has 0 amide bonds. The number of hydrogen-bond acceptors (Lipinski definition) is 6. The molecule has 5 atom stereocenters. The minimum absolute atomic E-state index is 0.185. The molecule has 0 aromatic carbocycles. The Kier molecular flexibility index (Phi) is 6.12. The van der Waals surface area contributed by atoms with Crippen molar-refractivity contribution in [3.63, 3.8) is 0 Å². The zero-order valence-corrected chi connectivity index (χ0v) is 12.5. The Bertz CT molecular complexity index is 317. The van der Waals surface area contributed by atoms with Crippen molar-refractivity contribution in [3.05, 3.63) is 12.7 Å². The summed E-state index contributed by atoms with van der Waals surface area (Å²) in [6.07, 6.45) is -3.64. The maximum Gasteiger partial charge on any atom is 0.187 e. The molecule has 0 radical (unpaired) electrons. The Hall–Kier alpha value is -0.500. The van der Waals surface area contributed by atoms with Gasteiger partial charge in [-0.1, -0.05) is 6.08 Å². The first kappa shape index (κ1) is 17.6. The lowest BCUT2D eigenvalue weighted by Crippen LogP contribution is -2.61. The molecular formula is C14H26O6. The van der Waals surface area contributed by atoms with E-state index >= 15 is 0 Å². The van der Waals surface area contributed by atoms with Gasteiger partial charge in [0.25, 0.3) is 0 Å². The van der Waals surface area contributed by atoms with E-state index in [0.29, 0.717) is 0 Å². The predicted molar refractivity (Wildman–Crippen MR) is 73.1 cm³/mol. The first-order chi connectivity index (χ1) is 9.21. The minimum atomic E-state index is -1.16. The molecule has 1 fully saturated rings. The molecule has 6 heteroatoms. The van der Waals surface area contributed by atoms with Gasteiger partial charge in [0.2, 0.25) is 0 Å². The van der Waals surface area contributed by atoms with Crippen LogP contribution in [0.5, 0.6) is 0 Å². The molecule has 1 aliphatic heterocycles. The molecule has 1 saturated heterocycles. The first-order valence-electron chi connectivity index (χ1n) is 6.81. The third-order valence-electron chi connectivity index (χ3n) is 3.16. The summed E-state index contributed by atoms with van der Waals surface area (Å²) in [7, 11) is 0. The van der Waals surface area contributed by atoms with Crippen molar-refractivity contribution in [2.75, 3.05) is 6.61 Å². The molecule has 3 N–H and O–H groups in total. The fourth-order valence-electron chi connectivity index (χ4n) is 1.97. The molecule has 0 aliphatic carbocycles. The molecule has 3 unspecified atom stereocenters. The van der Waals surface area contributed by atoms with E-state index < -0.39 is 36.3 Å². The van der Waals surface area contributed by atoms with E-state index in [1.165, 1.54) is 0 Å². The topological polar surface area (TPSA) is 88.4 Å². The molecule has 1 aliphatic rings. The second-order valence-electron chi connectivity index (χ2n) is 5.78. The normalized spacial score (nSPS) is 35.3. The van der Waals surface area contributed by atoms with Crippen LogP contribution >= 0.6 is 0 Å². The van der Waals surface area contributed by atoms with Crippen molar-refractivity contribution in [1.29, 1.82) is 0 Å². The van der Waals surface area contributed by atoms with E-state index in [1.807, 2.05) is 0 Å². The summed E-state index contributed by atoms with van der Waals surface area (Å²) in [6, 6.07) is 0. The van der Waals surface area contributed by atoms with Crippen LogP contribution in [-0.2, 0) is 14.2 Å². The van der Waals surface area contributed by atoms with Gasteiger partial charge >= 0.3 is 0 Å². The van der Waals surface area contributed by atoms with Gasteiger partial charge in [-0.05, 0) is 27.7 Å². The Morgan fingerprint density at radius 2 is 1.90 bits per heavy atom. The van der Waals surface area contributed by atoms with Crippen molar-refractivity contribution < 1.29 is 29.5 Å². The highest BCUT2D eigenvalue weighted by Crippen LogP contribution is 2.28. The van der Waals surface area contributed by atoms with Crippen molar-refractivity contribution in [1.82, 2.24) is 0 Å². The number of aliphatic hydroxyl groups excluding tert-OH is 3. The highest BCUT2D eigenvalue weighted by Gasteiger charge is 2.47. The van der Waals surface area contributed by atoms with Crippen LogP contribution in [0.2, 0.25) is 0 Å². The molecule has 6 nitrogen and oxygen atoms in total. The molecule has 1 heterocycles. The quantitative estimate of drug-likeness (QED) is 0.606. The maximum absolute atomic E-state index is 10.3. The van der Waals surface area contributed by atoms with Crippen LogP contribution in [0.3, 0.4) is 0 Å². The second-order valence-corrected chi connectivity index (χ2v) is 5.78. The minimum Gasteiger partial charge on any atom is -0.394 e. The van der Waals surface area contributed by atoms with Crippen LogP contribution in [0.1, 0.15) is 27.7 Å². The van der Waals surface area contributed by atoms with Crippen LogP contribution < -0.4 is 0 Å². The van der Waals surface area contributed by atoms with Gasteiger partial charge in [0.05, 0.1) is 18.3 Å². The average molecular weight is 290 g/mol. The largest absolute Gasteiger partial charge is 0.394 e. The molecule has 0 bridgehead atoms. The Labute approximate surface area is 120 Å². The Balaban J connectivity index is 2.87. The van der Waals surface area contributed by atoms with Gasteiger partial charge in [0.1, 0.15) is 24.4 Å². The number of rotatable bonds is 6. The second kappa shape index (κ2) is 6.98. The van der Waals surface area contributed by atoms with Crippen LogP contribution in [0.25, 0.3) is 0 Å². The lowest BCUT2D eigenvalue weighted by atomic mass is 9.98. The molecular weight excluding hydrogens is 264 g/mol. The third kappa shape index (κ3) is 4.25. The summed E-state index contributed by atoms with van der Waals surface area (Å²) in [5.74, 6) is 0. The highest BCUT2D eigenvalue weighted by molar-refractivity contribution is 4.95. The predicted octanol–water partition coefficient (Wildman–Crippen LogP) is 0.200. The summed E-state index contributed by atoms with van der Waals surface area (Å²) in [5.41, 5.74) is -0.712. The summed E-state index contributed by atoms with van der Waals surface area (Å²) in [4.78, 5) is 0. The first-order valence-corrected chi connectivity index (χ1v) is 6.81. The van der Waals surface area contributed by atoms with Gasteiger partial charge < -0.3 is 29.5 Å². The lowest BCUT2D eigenvalue weighted by Gasteiger charge is -2.44. The fraction of sp³-hybridized carbons (Fsp3) is 0.857. The van der Waals surface area contributed by atoms with Gasteiger partial charge in [-0.25, -0.2) is 0 Å². The summed E-state index contributed by atoms with van der Waals surface area (Å²) >= 11 is 0. The highest BCUT2D eigenvalue weighted by atomic mass is 16.7. The van der Waals surface area contributed by atoms with Crippen LogP contribution in [-0.4, -0.2) is 64.3 Å². The van der Waals surface area contributed by atoms with E-state index in [4.69, 9.17) is 14.2 Å². The van der Waals surface area contributed by atoms with E-state index in [0.717, 1.165) is 0 Å². The van der Waals surface area contributed by atoms with Gasteiger partial charge in [0, 0.05) is 0 Å². The number of hydrogen-bond donors (Lipinski definition) is 3. The smallest absolute Gasteiger partial charge is 0.187 e. The molecule has 0 spiro atoms. The Morgan fingerprint density at radius 3 is 2.35 bits per heavy atom. The standard InChI is InChI=1S/C14H26O6/c1-6-14(4,5)20-13-11(17)12(18-8(2)3)10(16)9(7-15)19-13/h6,8-13,15-17H,1,7H2,2-5H3/t9?,10-,11?,12?,13-/m1/s1. The van der Waals surface area contributed by atoms with Crippen LogP contribution in [0, 0.1) is 0 Å². The molecule has 0 aromatic heterocycles. The van der Waals surface area contributed by atoms with Crippen LogP contribution in [0.4, 0.5) is 0 Å². The molecule has 0 saturated carbocycles.